The van der Waals surface area contributed by atoms with Crippen LogP contribution in [-0.4, -0.2) is 28.8 Å². The van der Waals surface area contributed by atoms with Crippen molar-refractivity contribution in [1.82, 2.24) is 5.43 Å². The average molecular weight is 329 g/mol. The molecule has 124 valence electrons. The Hall–Kier alpha value is -3.42. The summed E-state index contributed by atoms with van der Waals surface area (Å²) in [4.78, 5) is 21.9. The maximum atomic E-state index is 11.6. The topological polar surface area (TPSA) is 114 Å². The quantitative estimate of drug-likeness (QED) is 0.479. The third-order valence-electron chi connectivity index (χ3n) is 2.99. The molecule has 1 amide bonds. The van der Waals surface area contributed by atoms with E-state index in [1.165, 1.54) is 12.1 Å². The molecule has 0 saturated heterocycles. The normalized spacial score (nSPS) is 10.5. The predicted octanol–water partition coefficient (Wildman–Crippen LogP) is 2.14. The molecule has 0 fully saturated rings. The summed E-state index contributed by atoms with van der Waals surface area (Å²) in [5.41, 5.74) is 3.11. The van der Waals surface area contributed by atoms with Crippen molar-refractivity contribution in [2.45, 2.75) is 6.92 Å². The van der Waals surface area contributed by atoms with E-state index in [-0.39, 0.29) is 23.6 Å². The molecule has 0 heterocycles. The van der Waals surface area contributed by atoms with Gasteiger partial charge >= 0.3 is 0 Å². The highest BCUT2D eigenvalue weighted by atomic mass is 16.6. The molecule has 0 spiro atoms. The molecule has 2 aromatic carbocycles. The summed E-state index contributed by atoms with van der Waals surface area (Å²) in [5.74, 6) is -0.117. The van der Waals surface area contributed by atoms with Gasteiger partial charge in [-0.25, -0.2) is 5.43 Å². The minimum absolute atomic E-state index is 0.0692. The number of benzene rings is 2. The van der Waals surface area contributed by atoms with Gasteiger partial charge in [0.25, 0.3) is 11.6 Å². The first-order valence-corrected chi connectivity index (χ1v) is 6.94. The van der Waals surface area contributed by atoms with E-state index in [0.717, 1.165) is 17.8 Å². The second-order valence-corrected chi connectivity index (χ2v) is 4.90. The number of nitro benzene ring substituents is 1. The van der Waals surface area contributed by atoms with Crippen LogP contribution in [0.25, 0.3) is 0 Å². The Morgan fingerprint density at radius 1 is 1.33 bits per heavy atom. The highest BCUT2D eigenvalue weighted by Crippen LogP contribution is 2.21. The monoisotopic (exact) mass is 329 g/mol. The number of amides is 1. The van der Waals surface area contributed by atoms with Gasteiger partial charge in [0.15, 0.2) is 6.61 Å². The van der Waals surface area contributed by atoms with Gasteiger partial charge < -0.3 is 9.84 Å². The molecule has 8 nitrogen and oxygen atoms in total. The fourth-order valence-corrected chi connectivity index (χ4v) is 1.80. The van der Waals surface area contributed by atoms with Gasteiger partial charge in [0.1, 0.15) is 11.5 Å². The second-order valence-electron chi connectivity index (χ2n) is 4.90. The number of aryl methyl sites for hydroxylation is 1. The summed E-state index contributed by atoms with van der Waals surface area (Å²) in [5, 5.41) is 23.9. The van der Waals surface area contributed by atoms with Crippen molar-refractivity contribution in [1.29, 1.82) is 0 Å². The number of rotatable bonds is 6. The van der Waals surface area contributed by atoms with Crippen LogP contribution in [0.3, 0.4) is 0 Å². The molecule has 0 aromatic heterocycles. The van der Waals surface area contributed by atoms with Crippen molar-refractivity contribution in [3.63, 3.8) is 0 Å². The summed E-state index contributed by atoms with van der Waals surface area (Å²) in [6.07, 6.45) is 1.08. The molecule has 24 heavy (non-hydrogen) atoms. The number of nitrogens with zero attached hydrogens (tertiary/aromatic N) is 2. The molecule has 0 radical (unpaired) electrons. The van der Waals surface area contributed by atoms with E-state index >= 15 is 0 Å². The summed E-state index contributed by atoms with van der Waals surface area (Å²) in [7, 11) is 0. The Labute approximate surface area is 137 Å². The van der Waals surface area contributed by atoms with E-state index in [0.29, 0.717) is 5.75 Å². The van der Waals surface area contributed by atoms with Crippen LogP contribution in [0.15, 0.2) is 47.6 Å². The van der Waals surface area contributed by atoms with E-state index in [1.54, 1.807) is 12.1 Å². The zero-order valence-corrected chi connectivity index (χ0v) is 12.8. The number of phenolic OH excluding ortho intramolecular Hbond substituents is 1. The number of ether oxygens (including phenoxy) is 1. The maximum Gasteiger partial charge on any atom is 0.278 e. The lowest BCUT2D eigenvalue weighted by Crippen LogP contribution is -2.24. The number of nitro groups is 1. The van der Waals surface area contributed by atoms with Crippen molar-refractivity contribution in [3.8, 4) is 11.5 Å². The van der Waals surface area contributed by atoms with E-state index < -0.39 is 10.8 Å². The van der Waals surface area contributed by atoms with Crippen LogP contribution in [0.5, 0.6) is 11.5 Å². The summed E-state index contributed by atoms with van der Waals surface area (Å²) in [6, 6.07) is 10.7. The van der Waals surface area contributed by atoms with Crippen LogP contribution in [0, 0.1) is 17.0 Å². The maximum absolute atomic E-state index is 11.6. The van der Waals surface area contributed by atoms with Gasteiger partial charge in [0.05, 0.1) is 16.7 Å². The molecule has 8 heteroatoms. The van der Waals surface area contributed by atoms with E-state index in [9.17, 15) is 20.0 Å². The molecule has 0 atom stereocenters. The summed E-state index contributed by atoms with van der Waals surface area (Å²) in [6.45, 7) is 1.69. The Bertz CT molecular complexity index is 772. The summed E-state index contributed by atoms with van der Waals surface area (Å²) < 4.78 is 5.27. The second kappa shape index (κ2) is 7.73. The molecule has 0 aliphatic heterocycles. The number of carbonyl (C=O) groups is 1. The van der Waals surface area contributed by atoms with Gasteiger partial charge in [-0.1, -0.05) is 17.7 Å². The molecule has 2 rings (SSSR count). The first kappa shape index (κ1) is 16.9. The van der Waals surface area contributed by atoms with Crippen LogP contribution in [-0.2, 0) is 4.79 Å². The molecule has 0 bridgehead atoms. The Morgan fingerprint density at radius 3 is 2.71 bits per heavy atom. The van der Waals surface area contributed by atoms with E-state index in [4.69, 9.17) is 4.74 Å². The van der Waals surface area contributed by atoms with Crippen molar-refractivity contribution in [2.75, 3.05) is 6.61 Å². The zero-order chi connectivity index (χ0) is 17.5. The minimum Gasteiger partial charge on any atom is -0.508 e. The Kier molecular flexibility index (Phi) is 5.45. The third kappa shape index (κ3) is 4.80. The van der Waals surface area contributed by atoms with Gasteiger partial charge in [0.2, 0.25) is 0 Å². The number of aromatic hydroxyl groups is 1. The predicted molar refractivity (Wildman–Crippen MR) is 87.2 cm³/mol. The Balaban J connectivity index is 1.91. The largest absolute Gasteiger partial charge is 0.508 e. The molecule has 0 aliphatic rings. The minimum atomic E-state index is -0.608. The Morgan fingerprint density at radius 2 is 2.04 bits per heavy atom. The molecule has 0 unspecified atom stereocenters. The average Bonchev–Trinajstić information content (AvgIpc) is 2.54. The molecule has 2 aromatic rings. The van der Waals surface area contributed by atoms with Gasteiger partial charge in [-0.3, -0.25) is 14.9 Å². The van der Waals surface area contributed by atoms with Crippen molar-refractivity contribution in [2.24, 2.45) is 5.10 Å². The fourth-order valence-electron chi connectivity index (χ4n) is 1.80. The lowest BCUT2D eigenvalue weighted by Gasteiger charge is -2.05. The van der Waals surface area contributed by atoms with Crippen LogP contribution in [0.2, 0.25) is 0 Å². The number of nitrogens with one attached hydrogen (secondary N) is 1. The van der Waals surface area contributed by atoms with Crippen LogP contribution in [0.1, 0.15) is 11.1 Å². The number of carbonyl (C=O) groups excluding carboxylic acids is 1. The van der Waals surface area contributed by atoms with Gasteiger partial charge in [-0.05, 0) is 31.2 Å². The van der Waals surface area contributed by atoms with Gasteiger partial charge in [-0.2, -0.15) is 5.10 Å². The first-order chi connectivity index (χ1) is 11.5. The number of hydrogen-bond acceptors (Lipinski definition) is 6. The molecule has 0 saturated carbocycles. The van der Waals surface area contributed by atoms with E-state index in [1.807, 2.05) is 19.1 Å². The van der Waals surface area contributed by atoms with Gasteiger partial charge in [0, 0.05) is 6.07 Å². The molecule has 0 aliphatic carbocycles. The number of hydrogen-bond donors (Lipinski definition) is 2. The standard InChI is InChI=1S/C16H15N3O5/c1-11-2-5-14(6-3-11)24-10-16(21)18-17-9-12-8-13(20)4-7-15(12)19(22)23/h2-9,20H,10H2,1H3,(H,18,21)/b17-9-. The first-order valence-electron chi connectivity index (χ1n) is 6.94. The van der Waals surface area contributed by atoms with Gasteiger partial charge in [-0.15, -0.1) is 0 Å². The van der Waals surface area contributed by atoms with Crippen LogP contribution < -0.4 is 10.2 Å². The molecular weight excluding hydrogens is 314 g/mol. The van der Waals surface area contributed by atoms with Crippen molar-refractivity contribution in [3.05, 3.63) is 63.7 Å². The highest BCUT2D eigenvalue weighted by molar-refractivity contribution is 5.87. The number of phenols is 1. The smallest absolute Gasteiger partial charge is 0.278 e. The molecular formula is C16H15N3O5. The third-order valence-corrected chi connectivity index (χ3v) is 2.99. The number of hydrazone groups is 1. The van der Waals surface area contributed by atoms with Crippen LogP contribution in [0.4, 0.5) is 5.69 Å². The molecule has 2 N–H and O–H groups in total. The van der Waals surface area contributed by atoms with Crippen molar-refractivity contribution >= 4 is 17.8 Å². The lowest BCUT2D eigenvalue weighted by molar-refractivity contribution is -0.385. The lowest BCUT2D eigenvalue weighted by atomic mass is 10.2. The fraction of sp³-hybridized carbons (Fsp3) is 0.125. The van der Waals surface area contributed by atoms with Crippen LogP contribution >= 0.6 is 0 Å². The zero-order valence-electron chi connectivity index (χ0n) is 12.8. The van der Waals surface area contributed by atoms with Crippen molar-refractivity contribution < 1.29 is 19.6 Å². The summed E-state index contributed by atoms with van der Waals surface area (Å²) >= 11 is 0. The SMILES string of the molecule is Cc1ccc(OCC(=O)N/N=C\c2cc(O)ccc2[N+](=O)[O-])cc1. The van der Waals surface area contributed by atoms with E-state index in [2.05, 4.69) is 10.5 Å². The highest BCUT2D eigenvalue weighted by Gasteiger charge is 2.12.